The van der Waals surface area contributed by atoms with Crippen LogP contribution in [0.25, 0.3) is 10.8 Å². The summed E-state index contributed by atoms with van der Waals surface area (Å²) >= 11 is 1.36. The first-order valence-electron chi connectivity index (χ1n) is 15.8. The van der Waals surface area contributed by atoms with Crippen molar-refractivity contribution in [1.29, 1.82) is 0 Å². The Balaban J connectivity index is 1.20. The summed E-state index contributed by atoms with van der Waals surface area (Å²) < 4.78 is 11.3. The monoisotopic (exact) mass is 632 g/mol. The summed E-state index contributed by atoms with van der Waals surface area (Å²) in [5.41, 5.74) is 2.44. The molecule has 3 aliphatic heterocycles. The van der Waals surface area contributed by atoms with E-state index in [9.17, 15) is 14.4 Å². The molecule has 0 saturated carbocycles. The number of aryl methyl sites for hydroxylation is 2. The molecule has 3 amide bonds. The number of hydrogen-bond acceptors (Lipinski definition) is 9. The van der Waals surface area contributed by atoms with E-state index in [1.54, 1.807) is 38.1 Å². The minimum absolute atomic E-state index is 0.0223. The van der Waals surface area contributed by atoms with E-state index < -0.39 is 0 Å². The van der Waals surface area contributed by atoms with Crippen LogP contribution in [0.4, 0.5) is 0 Å². The molecule has 2 aromatic heterocycles. The molecule has 11 nitrogen and oxygen atoms in total. The number of likely N-dealkylation sites (tertiary alicyclic amines) is 1. The predicted octanol–water partition coefficient (Wildman–Crippen LogP) is 3.77. The van der Waals surface area contributed by atoms with Gasteiger partial charge in [0.25, 0.3) is 5.91 Å². The smallest absolute Gasteiger partial charge is 0.273 e. The summed E-state index contributed by atoms with van der Waals surface area (Å²) in [7, 11) is 3.26. The third-order valence-electron chi connectivity index (χ3n) is 9.15. The highest BCUT2D eigenvalue weighted by molar-refractivity contribution is 7.13. The van der Waals surface area contributed by atoms with E-state index in [0.717, 1.165) is 36.8 Å². The van der Waals surface area contributed by atoms with E-state index in [0.29, 0.717) is 79.9 Å². The number of amides is 3. The number of carbonyl (C=O) groups is 3. The van der Waals surface area contributed by atoms with Gasteiger partial charge in [0.15, 0.2) is 22.3 Å². The molecule has 1 aromatic carbocycles. The van der Waals surface area contributed by atoms with Gasteiger partial charge in [-0.15, -0.1) is 11.3 Å². The topological polar surface area (TPSA) is 127 Å². The molecule has 0 spiro atoms. The van der Waals surface area contributed by atoms with Crippen LogP contribution >= 0.6 is 11.3 Å². The number of methoxy groups -OCH3 is 2. The van der Waals surface area contributed by atoms with Crippen LogP contribution in [0.1, 0.15) is 60.1 Å². The second kappa shape index (κ2) is 13.9. The molecule has 45 heavy (non-hydrogen) atoms. The number of rotatable bonds is 4. The zero-order valence-corrected chi connectivity index (χ0v) is 26.7. The van der Waals surface area contributed by atoms with Gasteiger partial charge in [0.2, 0.25) is 11.8 Å². The van der Waals surface area contributed by atoms with E-state index in [1.165, 1.54) is 11.3 Å². The SMILES string of the molecule is COc1cc2cc(c1OC)CCCNC(=O)CCC[C@H]1[C@@H]3C[C@@H](CN(C(=O)c4csc(-c5ncccn5)n4)C3)CN1C(=O)CC2. The van der Waals surface area contributed by atoms with Crippen molar-refractivity contribution in [3.05, 3.63) is 52.8 Å². The number of fused-ring (bicyclic) bond motifs is 6. The number of ether oxygens (including phenoxy) is 2. The third kappa shape index (κ3) is 6.95. The van der Waals surface area contributed by atoms with Crippen molar-refractivity contribution in [1.82, 2.24) is 30.1 Å². The summed E-state index contributed by atoms with van der Waals surface area (Å²) in [5, 5.41) is 5.45. The highest BCUT2D eigenvalue weighted by Gasteiger charge is 2.43. The molecule has 12 heteroatoms. The molecule has 5 heterocycles. The molecule has 2 fully saturated rings. The highest BCUT2D eigenvalue weighted by atomic mass is 32.1. The van der Waals surface area contributed by atoms with Gasteiger partial charge in [0, 0.05) is 62.8 Å². The van der Waals surface area contributed by atoms with Gasteiger partial charge in [0.05, 0.1) is 14.2 Å². The summed E-state index contributed by atoms with van der Waals surface area (Å²) in [6, 6.07) is 5.77. The molecule has 2 saturated heterocycles. The number of piperidine rings is 2. The predicted molar refractivity (Wildman–Crippen MR) is 169 cm³/mol. The summed E-state index contributed by atoms with van der Waals surface area (Å²) in [6.45, 7) is 2.33. The maximum absolute atomic E-state index is 13.9. The molecule has 0 radical (unpaired) electrons. The van der Waals surface area contributed by atoms with Gasteiger partial charge in [-0.25, -0.2) is 15.0 Å². The Bertz CT molecular complexity index is 1530. The van der Waals surface area contributed by atoms with Crippen LogP contribution in [0.15, 0.2) is 36.0 Å². The lowest BCUT2D eigenvalue weighted by molar-refractivity contribution is -0.140. The minimum Gasteiger partial charge on any atom is -0.493 e. The first-order chi connectivity index (χ1) is 21.9. The largest absolute Gasteiger partial charge is 0.493 e. The van der Waals surface area contributed by atoms with E-state index in [-0.39, 0.29) is 35.6 Å². The normalized spacial score (nSPS) is 22.8. The molecule has 6 rings (SSSR count). The lowest BCUT2D eigenvalue weighted by atomic mass is 9.77. The zero-order valence-electron chi connectivity index (χ0n) is 25.9. The lowest BCUT2D eigenvalue weighted by Gasteiger charge is -2.51. The Kier molecular flexibility index (Phi) is 9.58. The summed E-state index contributed by atoms with van der Waals surface area (Å²) in [5.74, 6) is 2.22. The van der Waals surface area contributed by atoms with Crippen LogP contribution < -0.4 is 14.8 Å². The van der Waals surface area contributed by atoms with Crippen LogP contribution in [0.3, 0.4) is 0 Å². The number of aromatic nitrogens is 3. The van der Waals surface area contributed by atoms with E-state index in [1.807, 2.05) is 11.0 Å². The fourth-order valence-corrected chi connectivity index (χ4v) is 7.85. The Hall–Kier alpha value is -4.06. The molecule has 4 bridgehead atoms. The molecule has 0 aliphatic carbocycles. The second-order valence-electron chi connectivity index (χ2n) is 12.1. The van der Waals surface area contributed by atoms with Gasteiger partial charge in [-0.05, 0) is 73.6 Å². The zero-order chi connectivity index (χ0) is 31.3. The van der Waals surface area contributed by atoms with Gasteiger partial charge in [-0.2, -0.15) is 0 Å². The summed E-state index contributed by atoms with van der Waals surface area (Å²) in [4.78, 5) is 57.3. The van der Waals surface area contributed by atoms with Gasteiger partial charge in [0.1, 0.15) is 5.69 Å². The molecule has 1 N–H and O–H groups in total. The highest BCUT2D eigenvalue weighted by Crippen LogP contribution is 2.38. The van der Waals surface area contributed by atoms with Crippen molar-refractivity contribution in [3.63, 3.8) is 0 Å². The van der Waals surface area contributed by atoms with Crippen LogP contribution in [-0.4, -0.2) is 88.9 Å². The maximum atomic E-state index is 13.9. The average Bonchev–Trinajstić information content (AvgIpc) is 3.56. The van der Waals surface area contributed by atoms with Gasteiger partial charge in [-0.3, -0.25) is 14.4 Å². The number of thiazole rings is 1. The first-order valence-corrected chi connectivity index (χ1v) is 16.6. The number of carbonyl (C=O) groups excluding carboxylic acids is 3. The van der Waals surface area contributed by atoms with Crippen molar-refractivity contribution >= 4 is 29.1 Å². The van der Waals surface area contributed by atoms with Crippen LogP contribution in [0.5, 0.6) is 11.5 Å². The molecule has 3 atom stereocenters. The Labute approximate surface area is 267 Å². The third-order valence-corrected chi connectivity index (χ3v) is 9.99. The number of benzene rings is 1. The quantitative estimate of drug-likeness (QED) is 0.461. The number of hydrogen-bond donors (Lipinski definition) is 1. The first kappa shape index (κ1) is 30.9. The van der Waals surface area contributed by atoms with Crippen molar-refractivity contribution in [3.8, 4) is 22.3 Å². The van der Waals surface area contributed by atoms with E-state index in [4.69, 9.17) is 9.47 Å². The second-order valence-corrected chi connectivity index (χ2v) is 13.0. The maximum Gasteiger partial charge on any atom is 0.273 e. The minimum atomic E-state index is -0.0975. The number of nitrogens with zero attached hydrogens (tertiary/aromatic N) is 5. The molecule has 238 valence electrons. The number of nitrogens with one attached hydrogen (secondary N) is 1. The fraction of sp³-hybridized carbons (Fsp3) is 0.515. The van der Waals surface area contributed by atoms with Crippen molar-refractivity contribution < 1.29 is 23.9 Å². The van der Waals surface area contributed by atoms with Gasteiger partial charge in [-0.1, -0.05) is 6.07 Å². The van der Waals surface area contributed by atoms with Crippen molar-refractivity contribution in [2.24, 2.45) is 11.8 Å². The fourth-order valence-electron chi connectivity index (χ4n) is 7.11. The van der Waals surface area contributed by atoms with Gasteiger partial charge >= 0.3 is 0 Å². The standard InChI is InChI=1S/C33H40N6O5S/c1-43-27-16-21-9-10-29(41)39-18-22-15-24(26(39)7-3-8-28(40)34-11-4-6-23(14-21)30(27)44-2)19-38(17-22)33(42)25-20-45-32(37-25)31-35-12-5-13-36-31/h5,12-14,16,20,22,24,26H,3-4,6-11,15,17-19H2,1-2H3,(H,34,40)/t22-,24+,26-/m0/s1. The Morgan fingerprint density at radius 1 is 1.00 bits per heavy atom. The molecular formula is C33H40N6O5S. The van der Waals surface area contributed by atoms with Gasteiger partial charge < -0.3 is 24.6 Å². The Morgan fingerprint density at radius 3 is 2.64 bits per heavy atom. The molecule has 3 aromatic rings. The summed E-state index contributed by atoms with van der Waals surface area (Å²) in [6.07, 6.45) is 8.60. The van der Waals surface area contributed by atoms with Crippen LogP contribution in [-0.2, 0) is 22.4 Å². The molecular weight excluding hydrogens is 592 g/mol. The molecule has 3 aliphatic rings. The van der Waals surface area contributed by atoms with Crippen molar-refractivity contribution in [2.75, 3.05) is 40.4 Å². The van der Waals surface area contributed by atoms with Crippen LogP contribution in [0.2, 0.25) is 0 Å². The Morgan fingerprint density at radius 2 is 1.84 bits per heavy atom. The van der Waals surface area contributed by atoms with E-state index >= 15 is 0 Å². The van der Waals surface area contributed by atoms with E-state index in [2.05, 4.69) is 31.2 Å². The average molecular weight is 633 g/mol. The van der Waals surface area contributed by atoms with Crippen LogP contribution in [0, 0.1) is 11.8 Å². The molecule has 0 unspecified atom stereocenters. The lowest BCUT2D eigenvalue weighted by Crippen LogP contribution is -2.60. The van der Waals surface area contributed by atoms with Crippen molar-refractivity contribution in [2.45, 2.75) is 57.4 Å².